The van der Waals surface area contributed by atoms with E-state index in [4.69, 9.17) is 4.74 Å². The third-order valence-electron chi connectivity index (χ3n) is 4.17. The molecular weight excluding hydrogens is 318 g/mol. The van der Waals surface area contributed by atoms with Gasteiger partial charge in [-0.3, -0.25) is 4.90 Å². The van der Waals surface area contributed by atoms with E-state index in [9.17, 15) is 0 Å². The molecule has 3 heterocycles. The van der Waals surface area contributed by atoms with Crippen LogP contribution in [0.4, 0.5) is 5.82 Å². The molecule has 0 radical (unpaired) electrons. The Morgan fingerprint density at radius 2 is 2.15 bits per heavy atom. The van der Waals surface area contributed by atoms with Crippen LogP contribution in [0.2, 0.25) is 0 Å². The van der Waals surface area contributed by atoms with Gasteiger partial charge in [0.1, 0.15) is 5.82 Å². The van der Waals surface area contributed by atoms with E-state index in [1.165, 1.54) is 18.5 Å². The predicted octanol–water partition coefficient (Wildman–Crippen LogP) is 2.31. The van der Waals surface area contributed by atoms with Gasteiger partial charge in [0.2, 0.25) is 0 Å². The molecule has 0 unspecified atom stereocenters. The number of aromatic nitrogens is 1. The molecule has 1 atom stereocenters. The van der Waals surface area contributed by atoms with Crippen LogP contribution >= 0.6 is 15.9 Å². The summed E-state index contributed by atoms with van der Waals surface area (Å²) in [5.74, 6) is 1.82. The van der Waals surface area contributed by atoms with Crippen molar-refractivity contribution in [2.24, 2.45) is 5.92 Å². The van der Waals surface area contributed by atoms with Crippen molar-refractivity contribution in [3.8, 4) is 0 Å². The maximum Gasteiger partial charge on any atom is 0.142 e. The molecule has 3 rings (SSSR count). The summed E-state index contributed by atoms with van der Waals surface area (Å²) in [5.41, 5.74) is 1.19. The Labute approximate surface area is 129 Å². The Hall–Kier alpha value is -0.650. The molecule has 1 aromatic rings. The first-order valence-electron chi connectivity index (χ1n) is 7.39. The van der Waals surface area contributed by atoms with Crippen molar-refractivity contribution >= 4 is 21.7 Å². The van der Waals surface area contributed by atoms with E-state index >= 15 is 0 Å². The van der Waals surface area contributed by atoms with Crippen molar-refractivity contribution < 1.29 is 4.74 Å². The molecule has 2 saturated heterocycles. The molecular formula is C15H22BrN3O. The lowest BCUT2D eigenvalue weighted by Gasteiger charge is -2.36. The van der Waals surface area contributed by atoms with Gasteiger partial charge in [0.15, 0.2) is 0 Å². The minimum atomic E-state index is 0.741. The fourth-order valence-corrected chi connectivity index (χ4v) is 3.71. The number of halogens is 1. The summed E-state index contributed by atoms with van der Waals surface area (Å²) in [6, 6.07) is 2.14. The Bertz CT molecular complexity index is 454. The highest BCUT2D eigenvalue weighted by Crippen LogP contribution is 2.25. The summed E-state index contributed by atoms with van der Waals surface area (Å²) in [6.45, 7) is 9.52. The summed E-state index contributed by atoms with van der Waals surface area (Å²) < 4.78 is 6.57. The summed E-state index contributed by atoms with van der Waals surface area (Å²) in [5, 5.41) is 0. The Kier molecular flexibility index (Phi) is 4.58. The Balaban J connectivity index is 1.55. The molecule has 0 N–H and O–H groups in total. The molecule has 2 fully saturated rings. The Morgan fingerprint density at radius 3 is 2.80 bits per heavy atom. The van der Waals surface area contributed by atoms with E-state index in [1.54, 1.807) is 0 Å². The number of hydrogen-bond acceptors (Lipinski definition) is 4. The first-order chi connectivity index (χ1) is 9.72. The maximum absolute atomic E-state index is 5.46. The lowest BCUT2D eigenvalue weighted by Crippen LogP contribution is -2.48. The van der Waals surface area contributed by atoms with Crippen LogP contribution < -0.4 is 4.90 Å². The third kappa shape index (κ3) is 3.32. The molecule has 20 heavy (non-hydrogen) atoms. The van der Waals surface area contributed by atoms with Crippen molar-refractivity contribution in [1.29, 1.82) is 0 Å². The van der Waals surface area contributed by atoms with Crippen molar-refractivity contribution in [2.75, 3.05) is 50.8 Å². The highest BCUT2D eigenvalue weighted by atomic mass is 79.9. The fourth-order valence-electron chi connectivity index (χ4n) is 2.99. The zero-order valence-corrected chi connectivity index (χ0v) is 13.6. The minimum Gasteiger partial charge on any atom is -0.381 e. The number of anilines is 1. The molecule has 0 spiro atoms. The van der Waals surface area contributed by atoms with E-state index in [-0.39, 0.29) is 0 Å². The van der Waals surface area contributed by atoms with Gasteiger partial charge in [-0.15, -0.1) is 0 Å². The fraction of sp³-hybridized carbons (Fsp3) is 0.667. The van der Waals surface area contributed by atoms with Gasteiger partial charge in [0.25, 0.3) is 0 Å². The topological polar surface area (TPSA) is 28.6 Å². The van der Waals surface area contributed by atoms with Crippen LogP contribution in [-0.2, 0) is 4.74 Å². The van der Waals surface area contributed by atoms with Crippen LogP contribution in [0.5, 0.6) is 0 Å². The molecule has 0 aromatic carbocycles. The lowest BCUT2D eigenvalue weighted by molar-refractivity contribution is 0.164. The summed E-state index contributed by atoms with van der Waals surface area (Å²) >= 11 is 3.63. The maximum atomic E-state index is 5.46. The monoisotopic (exact) mass is 339 g/mol. The highest BCUT2D eigenvalue weighted by Gasteiger charge is 2.23. The average molecular weight is 340 g/mol. The molecule has 0 bridgehead atoms. The van der Waals surface area contributed by atoms with Crippen LogP contribution in [0.3, 0.4) is 0 Å². The first kappa shape index (κ1) is 14.3. The van der Waals surface area contributed by atoms with Crippen molar-refractivity contribution in [3.05, 3.63) is 22.3 Å². The van der Waals surface area contributed by atoms with Crippen LogP contribution in [0, 0.1) is 12.8 Å². The molecule has 110 valence electrons. The molecule has 1 aromatic heterocycles. The second-order valence-corrected chi connectivity index (χ2v) is 6.69. The molecule has 5 heteroatoms. The summed E-state index contributed by atoms with van der Waals surface area (Å²) in [4.78, 5) is 9.52. The molecule has 0 aliphatic carbocycles. The second-order valence-electron chi connectivity index (χ2n) is 5.84. The van der Waals surface area contributed by atoms with E-state index in [1.807, 2.05) is 6.20 Å². The van der Waals surface area contributed by atoms with E-state index in [2.05, 4.69) is 43.7 Å². The number of piperazine rings is 1. The quantitative estimate of drug-likeness (QED) is 0.844. The van der Waals surface area contributed by atoms with Gasteiger partial charge < -0.3 is 9.64 Å². The van der Waals surface area contributed by atoms with Crippen molar-refractivity contribution in [3.63, 3.8) is 0 Å². The number of rotatable bonds is 3. The van der Waals surface area contributed by atoms with Crippen LogP contribution in [0.25, 0.3) is 0 Å². The Morgan fingerprint density at radius 1 is 1.35 bits per heavy atom. The summed E-state index contributed by atoms with van der Waals surface area (Å²) in [6.07, 6.45) is 3.17. The second kappa shape index (κ2) is 6.41. The zero-order chi connectivity index (χ0) is 13.9. The number of ether oxygens (including phenoxy) is 1. The lowest BCUT2D eigenvalue weighted by atomic mass is 10.1. The third-order valence-corrected chi connectivity index (χ3v) is 4.75. The molecule has 4 nitrogen and oxygen atoms in total. The molecule has 0 amide bonds. The van der Waals surface area contributed by atoms with Crippen molar-refractivity contribution in [1.82, 2.24) is 9.88 Å². The SMILES string of the molecule is Cc1cnc(N2CCN(C[C@@H]3CCOC3)CC2)c(Br)c1. The molecule has 0 saturated carbocycles. The van der Waals surface area contributed by atoms with Gasteiger partial charge >= 0.3 is 0 Å². The van der Waals surface area contributed by atoms with Gasteiger partial charge in [-0.05, 0) is 46.8 Å². The van der Waals surface area contributed by atoms with Gasteiger partial charge in [-0.1, -0.05) is 0 Å². The van der Waals surface area contributed by atoms with Gasteiger partial charge in [0.05, 0.1) is 11.1 Å². The normalized spacial score (nSPS) is 24.3. The molecule has 2 aliphatic heterocycles. The smallest absolute Gasteiger partial charge is 0.142 e. The van der Waals surface area contributed by atoms with E-state index in [0.29, 0.717) is 0 Å². The highest BCUT2D eigenvalue weighted by molar-refractivity contribution is 9.10. The molecule has 2 aliphatic rings. The van der Waals surface area contributed by atoms with Gasteiger partial charge in [-0.2, -0.15) is 0 Å². The van der Waals surface area contributed by atoms with Crippen LogP contribution in [-0.4, -0.2) is 55.8 Å². The predicted molar refractivity (Wildman–Crippen MR) is 84.3 cm³/mol. The standard InChI is InChI=1S/C15H22BrN3O/c1-12-8-14(16)15(17-9-12)19-5-3-18(4-6-19)10-13-2-7-20-11-13/h8-9,13H,2-7,10-11H2,1H3/t13-/m0/s1. The number of aryl methyl sites for hydroxylation is 1. The summed E-state index contributed by atoms with van der Waals surface area (Å²) in [7, 11) is 0. The minimum absolute atomic E-state index is 0.741. The largest absolute Gasteiger partial charge is 0.381 e. The zero-order valence-electron chi connectivity index (χ0n) is 12.0. The number of pyridine rings is 1. The van der Waals surface area contributed by atoms with E-state index < -0.39 is 0 Å². The first-order valence-corrected chi connectivity index (χ1v) is 8.19. The van der Waals surface area contributed by atoms with Crippen LogP contribution in [0.1, 0.15) is 12.0 Å². The van der Waals surface area contributed by atoms with Crippen LogP contribution in [0.15, 0.2) is 16.7 Å². The van der Waals surface area contributed by atoms with E-state index in [0.717, 1.165) is 55.6 Å². The number of nitrogens with zero attached hydrogens (tertiary/aromatic N) is 3. The number of hydrogen-bond donors (Lipinski definition) is 0. The van der Waals surface area contributed by atoms with Crippen molar-refractivity contribution in [2.45, 2.75) is 13.3 Å². The van der Waals surface area contributed by atoms with Gasteiger partial charge in [0, 0.05) is 45.5 Å². The van der Waals surface area contributed by atoms with Gasteiger partial charge in [-0.25, -0.2) is 4.98 Å². The average Bonchev–Trinajstić information content (AvgIpc) is 2.93.